The zero-order valence-electron chi connectivity index (χ0n) is 15.4. The number of fused-ring (bicyclic) bond motifs is 1. The van der Waals surface area contributed by atoms with E-state index in [4.69, 9.17) is 0 Å². The molecular weight excluding hydrogens is 328 g/mol. The van der Waals surface area contributed by atoms with Crippen LogP contribution in [0.3, 0.4) is 0 Å². The molecule has 0 unspecified atom stereocenters. The van der Waals surface area contributed by atoms with E-state index in [1.807, 2.05) is 22.8 Å². The van der Waals surface area contributed by atoms with Crippen molar-refractivity contribution in [1.82, 2.24) is 19.5 Å². The van der Waals surface area contributed by atoms with Crippen LogP contribution in [0, 0.1) is 0 Å². The number of benzene rings is 1. The average Bonchev–Trinajstić information content (AvgIpc) is 2.96. The smallest absolute Gasteiger partial charge is 0.250 e. The van der Waals surface area contributed by atoms with Gasteiger partial charge in [-0.3, -0.25) is 14.3 Å². The summed E-state index contributed by atoms with van der Waals surface area (Å²) < 4.78 is 1.84. The summed E-state index contributed by atoms with van der Waals surface area (Å²) in [5.41, 5.74) is 2.63. The first kappa shape index (κ1) is 17.6. The van der Waals surface area contributed by atoms with Crippen molar-refractivity contribution in [2.45, 2.75) is 33.2 Å². The highest BCUT2D eigenvalue weighted by Crippen LogP contribution is 2.22. The number of anilines is 2. The lowest BCUT2D eigenvalue weighted by Crippen LogP contribution is -2.26. The summed E-state index contributed by atoms with van der Waals surface area (Å²) in [5.74, 6) is 1.11. The first-order valence-electron chi connectivity index (χ1n) is 8.27. The Labute approximate surface area is 152 Å². The van der Waals surface area contributed by atoms with Crippen LogP contribution in [0.25, 0.3) is 16.9 Å². The van der Waals surface area contributed by atoms with Gasteiger partial charge in [-0.15, -0.1) is 0 Å². The second kappa shape index (κ2) is 6.59. The number of rotatable bonds is 4. The molecule has 0 fully saturated rings. The molecule has 0 saturated heterocycles. The van der Waals surface area contributed by atoms with Crippen molar-refractivity contribution in [2.24, 2.45) is 0 Å². The topological polar surface area (TPSA) is 84.7 Å². The van der Waals surface area contributed by atoms with Crippen LogP contribution < -0.4 is 10.6 Å². The van der Waals surface area contributed by atoms with Gasteiger partial charge in [-0.1, -0.05) is 6.58 Å². The molecule has 0 aliphatic carbocycles. The van der Waals surface area contributed by atoms with E-state index in [9.17, 15) is 4.79 Å². The van der Waals surface area contributed by atoms with Crippen molar-refractivity contribution < 1.29 is 4.79 Å². The summed E-state index contributed by atoms with van der Waals surface area (Å²) in [6, 6.07) is 5.52. The van der Waals surface area contributed by atoms with E-state index in [2.05, 4.69) is 52.9 Å². The van der Waals surface area contributed by atoms with Gasteiger partial charge >= 0.3 is 0 Å². The number of imidazole rings is 1. The molecule has 2 heterocycles. The Kier molecular flexibility index (Phi) is 4.46. The van der Waals surface area contributed by atoms with E-state index in [0.717, 1.165) is 11.0 Å². The Bertz CT molecular complexity index is 983. The van der Waals surface area contributed by atoms with E-state index in [0.29, 0.717) is 22.9 Å². The molecule has 26 heavy (non-hydrogen) atoms. The lowest BCUT2D eigenvalue weighted by Gasteiger charge is -2.21. The van der Waals surface area contributed by atoms with E-state index >= 15 is 0 Å². The Balaban J connectivity index is 1.99. The highest BCUT2D eigenvalue weighted by atomic mass is 16.1. The fourth-order valence-electron chi connectivity index (χ4n) is 2.42. The van der Waals surface area contributed by atoms with Crippen LogP contribution in [0.15, 0.2) is 49.1 Å². The van der Waals surface area contributed by atoms with Crippen LogP contribution in [-0.2, 0) is 4.79 Å². The minimum Gasteiger partial charge on any atom is -0.364 e. The van der Waals surface area contributed by atoms with Crippen LogP contribution in [0.4, 0.5) is 11.5 Å². The minimum absolute atomic E-state index is 0.121. The number of carbonyl (C=O) groups is 1. The Morgan fingerprint density at radius 2 is 2.00 bits per heavy atom. The molecule has 0 spiro atoms. The monoisotopic (exact) mass is 350 g/mol. The van der Waals surface area contributed by atoms with Crippen molar-refractivity contribution in [3.63, 3.8) is 0 Å². The minimum atomic E-state index is -0.216. The number of hydrogen-bond acceptors (Lipinski definition) is 5. The van der Waals surface area contributed by atoms with Crippen LogP contribution in [0.1, 0.15) is 27.7 Å². The molecule has 1 aromatic carbocycles. The second-order valence-electron chi connectivity index (χ2n) is 7.19. The third-order valence-corrected chi connectivity index (χ3v) is 3.56. The highest BCUT2D eigenvalue weighted by molar-refractivity contribution is 6.03. The predicted octanol–water partition coefficient (Wildman–Crippen LogP) is 3.54. The molecule has 0 bridgehead atoms. The van der Waals surface area contributed by atoms with Gasteiger partial charge in [0.25, 0.3) is 5.91 Å². The standard InChI is InChI=1S/C19H22N6O/c1-12(2)18(26)22-13-6-7-14-15(8-13)25(11-21-14)17-10-20-9-16(23-17)24-19(3,4)5/h6-11H,1H2,2-5H3,(H,22,26)(H,23,24). The summed E-state index contributed by atoms with van der Waals surface area (Å²) >= 11 is 0. The first-order chi connectivity index (χ1) is 12.2. The van der Waals surface area contributed by atoms with Crippen molar-refractivity contribution in [3.05, 3.63) is 49.1 Å². The van der Waals surface area contributed by atoms with Crippen molar-refractivity contribution in [1.29, 1.82) is 0 Å². The molecule has 0 aliphatic rings. The molecular formula is C19H22N6O. The molecule has 7 heteroatoms. The highest BCUT2D eigenvalue weighted by Gasteiger charge is 2.13. The maximum Gasteiger partial charge on any atom is 0.250 e. The molecule has 0 aliphatic heterocycles. The maximum atomic E-state index is 11.9. The predicted molar refractivity (Wildman–Crippen MR) is 103 cm³/mol. The van der Waals surface area contributed by atoms with Gasteiger partial charge in [-0.05, 0) is 45.9 Å². The van der Waals surface area contributed by atoms with E-state index < -0.39 is 0 Å². The van der Waals surface area contributed by atoms with Crippen LogP contribution in [0.2, 0.25) is 0 Å². The third-order valence-electron chi connectivity index (χ3n) is 3.56. The van der Waals surface area contributed by atoms with Gasteiger partial charge in [0.05, 0.1) is 23.4 Å². The molecule has 3 rings (SSSR count). The zero-order valence-corrected chi connectivity index (χ0v) is 15.4. The van der Waals surface area contributed by atoms with Gasteiger partial charge in [0.2, 0.25) is 0 Å². The number of carbonyl (C=O) groups excluding carboxylic acids is 1. The molecule has 7 nitrogen and oxygen atoms in total. The largest absolute Gasteiger partial charge is 0.364 e. The van der Waals surface area contributed by atoms with Crippen molar-refractivity contribution >= 4 is 28.4 Å². The van der Waals surface area contributed by atoms with Crippen molar-refractivity contribution in [2.75, 3.05) is 10.6 Å². The van der Waals surface area contributed by atoms with Crippen LogP contribution in [0.5, 0.6) is 0 Å². The van der Waals surface area contributed by atoms with Crippen molar-refractivity contribution in [3.8, 4) is 5.82 Å². The summed E-state index contributed by atoms with van der Waals surface area (Å²) in [7, 11) is 0. The van der Waals surface area contributed by atoms with E-state index in [1.54, 1.807) is 25.6 Å². The molecule has 1 amide bonds. The zero-order chi connectivity index (χ0) is 18.9. The van der Waals surface area contributed by atoms with Gasteiger partial charge in [0.15, 0.2) is 5.82 Å². The molecule has 2 aromatic heterocycles. The molecule has 3 aromatic rings. The number of hydrogen-bond donors (Lipinski definition) is 2. The lowest BCUT2D eigenvalue weighted by molar-refractivity contribution is -0.112. The van der Waals surface area contributed by atoms with Crippen LogP contribution >= 0.6 is 0 Å². The fraction of sp³-hybridized carbons (Fsp3) is 0.263. The van der Waals surface area contributed by atoms with Gasteiger partial charge in [0, 0.05) is 16.8 Å². The molecule has 134 valence electrons. The Morgan fingerprint density at radius 3 is 2.69 bits per heavy atom. The summed E-state index contributed by atoms with van der Waals surface area (Å²) in [4.78, 5) is 25.1. The summed E-state index contributed by atoms with van der Waals surface area (Å²) in [6.07, 6.45) is 5.06. The number of nitrogens with one attached hydrogen (secondary N) is 2. The van der Waals surface area contributed by atoms with E-state index in [-0.39, 0.29) is 11.4 Å². The molecule has 0 saturated carbocycles. The summed E-state index contributed by atoms with van der Waals surface area (Å²) in [6.45, 7) is 11.5. The average molecular weight is 350 g/mol. The maximum absolute atomic E-state index is 11.9. The van der Waals surface area contributed by atoms with Crippen LogP contribution in [-0.4, -0.2) is 31.0 Å². The van der Waals surface area contributed by atoms with Gasteiger partial charge in [-0.2, -0.15) is 0 Å². The molecule has 2 N–H and O–H groups in total. The quantitative estimate of drug-likeness (QED) is 0.703. The van der Waals surface area contributed by atoms with Gasteiger partial charge in [-0.25, -0.2) is 9.97 Å². The third kappa shape index (κ3) is 3.88. The van der Waals surface area contributed by atoms with E-state index in [1.165, 1.54) is 0 Å². The Hall–Kier alpha value is -3.22. The number of nitrogens with zero attached hydrogens (tertiary/aromatic N) is 4. The molecule has 0 atom stereocenters. The fourth-order valence-corrected chi connectivity index (χ4v) is 2.42. The number of aromatic nitrogens is 4. The number of amides is 1. The lowest BCUT2D eigenvalue weighted by atomic mass is 10.1. The SMILES string of the molecule is C=C(C)C(=O)Nc1ccc2ncn(-c3cncc(NC(C)(C)C)n3)c2c1. The molecule has 0 radical (unpaired) electrons. The van der Waals surface area contributed by atoms with Gasteiger partial charge in [0.1, 0.15) is 12.1 Å². The summed E-state index contributed by atoms with van der Waals surface area (Å²) in [5, 5.41) is 6.12. The first-order valence-corrected chi connectivity index (χ1v) is 8.27. The second-order valence-corrected chi connectivity index (χ2v) is 7.19. The Morgan fingerprint density at radius 1 is 1.23 bits per heavy atom. The van der Waals surface area contributed by atoms with Gasteiger partial charge < -0.3 is 10.6 Å². The normalized spacial score (nSPS) is 11.4.